The minimum atomic E-state index is 0.553. The van der Waals surface area contributed by atoms with Gasteiger partial charge in [0.15, 0.2) is 23.1 Å². The molecule has 0 unspecified atom stereocenters. The van der Waals surface area contributed by atoms with Gasteiger partial charge in [-0.1, -0.05) is 103 Å². The van der Waals surface area contributed by atoms with E-state index in [4.69, 9.17) is 24.4 Å². The molecule has 0 saturated carbocycles. The zero-order valence-corrected chi connectivity index (χ0v) is 29.0. The fourth-order valence-corrected chi connectivity index (χ4v) is 8.49. The molecule has 4 heterocycles. The maximum Gasteiger partial charge on any atom is 0.227 e. The Bertz CT molecular complexity index is 3120. The Balaban J connectivity index is 1.02. The zero-order chi connectivity index (χ0) is 34.9. The van der Waals surface area contributed by atoms with Crippen LogP contribution < -0.4 is 0 Å². The predicted molar refractivity (Wildman–Crippen MR) is 216 cm³/mol. The van der Waals surface area contributed by atoms with Crippen molar-refractivity contribution >= 4 is 64.4 Å². The Morgan fingerprint density at radius 3 is 1.85 bits per heavy atom. The second-order valence-electron chi connectivity index (χ2n) is 13.1. The molecule has 0 amide bonds. The molecule has 0 radical (unpaired) electrons. The summed E-state index contributed by atoms with van der Waals surface area (Å²) in [5, 5.41) is 5.06. The highest BCUT2D eigenvalue weighted by atomic mass is 32.1. The van der Waals surface area contributed by atoms with Gasteiger partial charge in [0.2, 0.25) is 5.89 Å². The van der Waals surface area contributed by atoms with E-state index in [9.17, 15) is 0 Å². The van der Waals surface area contributed by atoms with Gasteiger partial charge >= 0.3 is 0 Å². The molecule has 7 aromatic carbocycles. The van der Waals surface area contributed by atoms with Crippen molar-refractivity contribution in [1.82, 2.24) is 24.5 Å². The number of hydrogen-bond donors (Lipinski definition) is 0. The van der Waals surface area contributed by atoms with Gasteiger partial charge < -0.3 is 8.98 Å². The van der Waals surface area contributed by atoms with Crippen molar-refractivity contribution in [3.05, 3.63) is 164 Å². The second-order valence-corrected chi connectivity index (χ2v) is 14.2. The summed E-state index contributed by atoms with van der Waals surface area (Å²) in [4.78, 5) is 19.6. The first-order valence-electron chi connectivity index (χ1n) is 17.5. The van der Waals surface area contributed by atoms with Crippen molar-refractivity contribution in [1.29, 1.82) is 0 Å². The van der Waals surface area contributed by atoms with Crippen molar-refractivity contribution in [2.24, 2.45) is 0 Å². The van der Waals surface area contributed by atoms with E-state index in [0.29, 0.717) is 28.9 Å². The number of aromatic nitrogens is 5. The fraction of sp³-hybridized carbons (Fsp3) is 0. The maximum atomic E-state index is 6.49. The standard InChI is InChI=1S/C46H27N5OS/c1-3-12-28(13-4-1)43-48-44(29-14-5-2-6-15-29)50-45(49-43)30-22-23-37-40(25-30)52-46(47-37)31-16-11-17-32(24-31)51-38-20-9-7-18-33(38)35-26-36-34-19-8-10-21-41(34)53-42(36)27-39(35)51/h1-27H. The highest BCUT2D eigenvalue weighted by Crippen LogP contribution is 2.41. The molecule has 0 atom stereocenters. The molecule has 11 aromatic rings. The third kappa shape index (κ3) is 4.93. The van der Waals surface area contributed by atoms with E-state index in [1.54, 1.807) is 0 Å². The van der Waals surface area contributed by atoms with Crippen LogP contribution in [0.2, 0.25) is 0 Å². The molecule has 0 bridgehead atoms. The quantitative estimate of drug-likeness (QED) is 0.179. The molecule has 6 nitrogen and oxygen atoms in total. The average Bonchev–Trinajstić information content (AvgIpc) is 3.92. The summed E-state index contributed by atoms with van der Waals surface area (Å²) >= 11 is 1.84. The topological polar surface area (TPSA) is 69.6 Å². The van der Waals surface area contributed by atoms with Crippen LogP contribution in [0.1, 0.15) is 0 Å². The smallest absolute Gasteiger partial charge is 0.227 e. The minimum Gasteiger partial charge on any atom is -0.436 e. The van der Waals surface area contributed by atoms with Gasteiger partial charge in [0, 0.05) is 58.9 Å². The predicted octanol–water partition coefficient (Wildman–Crippen LogP) is 12.1. The van der Waals surface area contributed by atoms with Crippen LogP contribution >= 0.6 is 11.3 Å². The molecule has 0 aliphatic rings. The number of nitrogens with zero attached hydrogens (tertiary/aromatic N) is 5. The average molecular weight is 698 g/mol. The third-order valence-electron chi connectivity index (χ3n) is 9.87. The van der Waals surface area contributed by atoms with Gasteiger partial charge in [-0.15, -0.1) is 11.3 Å². The molecule has 0 spiro atoms. The Kier molecular flexibility index (Phi) is 6.62. The Morgan fingerprint density at radius 1 is 0.415 bits per heavy atom. The van der Waals surface area contributed by atoms with Gasteiger partial charge in [-0.05, 0) is 60.7 Å². The van der Waals surface area contributed by atoms with Crippen molar-refractivity contribution in [2.75, 3.05) is 0 Å². The van der Waals surface area contributed by atoms with Crippen LogP contribution in [-0.2, 0) is 0 Å². The fourth-order valence-electron chi connectivity index (χ4n) is 7.37. The normalized spacial score (nSPS) is 11.8. The van der Waals surface area contributed by atoms with Crippen molar-refractivity contribution in [3.8, 4) is 51.3 Å². The van der Waals surface area contributed by atoms with Crippen molar-refractivity contribution in [2.45, 2.75) is 0 Å². The molecule has 0 saturated heterocycles. The lowest BCUT2D eigenvalue weighted by Gasteiger charge is -2.09. The van der Waals surface area contributed by atoms with Crippen LogP contribution in [0.15, 0.2) is 168 Å². The largest absolute Gasteiger partial charge is 0.436 e. The maximum absolute atomic E-state index is 6.49. The summed E-state index contributed by atoms with van der Waals surface area (Å²) in [6, 6.07) is 56.4. The van der Waals surface area contributed by atoms with E-state index < -0.39 is 0 Å². The molecular weight excluding hydrogens is 671 g/mol. The van der Waals surface area contributed by atoms with Gasteiger partial charge in [0.25, 0.3) is 0 Å². The summed E-state index contributed by atoms with van der Waals surface area (Å²) in [6.45, 7) is 0. The number of para-hydroxylation sites is 1. The first kappa shape index (κ1) is 29.7. The molecule has 0 aliphatic heterocycles. The van der Waals surface area contributed by atoms with E-state index in [1.807, 2.05) is 90.2 Å². The number of benzene rings is 7. The first-order valence-corrected chi connectivity index (χ1v) is 18.3. The molecule has 0 aliphatic carbocycles. The molecular formula is C46H27N5OS. The minimum absolute atomic E-state index is 0.553. The molecule has 0 fully saturated rings. The van der Waals surface area contributed by atoms with E-state index in [1.165, 1.54) is 36.5 Å². The number of fused-ring (bicyclic) bond motifs is 7. The van der Waals surface area contributed by atoms with Crippen LogP contribution in [0.4, 0.5) is 0 Å². The first-order chi connectivity index (χ1) is 26.2. The molecule has 7 heteroatoms. The van der Waals surface area contributed by atoms with Crippen molar-refractivity contribution < 1.29 is 4.42 Å². The SMILES string of the molecule is c1ccc(-c2nc(-c3ccccc3)nc(-c3ccc4nc(-c5cccc(-n6c7ccccc7c7cc8c(cc76)sc6ccccc68)c5)oc4c3)n2)cc1. The van der Waals surface area contributed by atoms with Crippen LogP contribution in [-0.4, -0.2) is 24.5 Å². The zero-order valence-electron chi connectivity index (χ0n) is 28.1. The summed E-state index contributed by atoms with van der Waals surface area (Å²) in [5.74, 6) is 2.35. The highest BCUT2D eigenvalue weighted by molar-refractivity contribution is 7.25. The molecule has 11 rings (SSSR count). The van der Waals surface area contributed by atoms with Gasteiger partial charge in [0.1, 0.15) is 5.52 Å². The van der Waals surface area contributed by atoms with Crippen LogP contribution in [0.3, 0.4) is 0 Å². The lowest BCUT2D eigenvalue weighted by atomic mass is 10.1. The highest BCUT2D eigenvalue weighted by Gasteiger charge is 2.18. The Morgan fingerprint density at radius 2 is 1.08 bits per heavy atom. The van der Waals surface area contributed by atoms with E-state index >= 15 is 0 Å². The van der Waals surface area contributed by atoms with E-state index in [0.717, 1.165) is 39.0 Å². The van der Waals surface area contributed by atoms with Crippen molar-refractivity contribution in [3.63, 3.8) is 0 Å². The molecule has 4 aromatic heterocycles. The van der Waals surface area contributed by atoms with Gasteiger partial charge in [0.05, 0.1) is 11.0 Å². The third-order valence-corrected chi connectivity index (χ3v) is 11.0. The van der Waals surface area contributed by atoms with E-state index in [-0.39, 0.29) is 0 Å². The number of hydrogen-bond acceptors (Lipinski definition) is 6. The number of thiophene rings is 1. The molecule has 53 heavy (non-hydrogen) atoms. The summed E-state index contributed by atoms with van der Waals surface area (Å²) < 4.78 is 11.4. The second kappa shape index (κ2) is 11.8. The summed E-state index contributed by atoms with van der Waals surface area (Å²) in [5.41, 5.74) is 8.37. The summed E-state index contributed by atoms with van der Waals surface area (Å²) in [7, 11) is 0. The summed E-state index contributed by atoms with van der Waals surface area (Å²) in [6.07, 6.45) is 0. The number of oxazole rings is 1. The number of rotatable bonds is 5. The van der Waals surface area contributed by atoms with Crippen LogP contribution in [0, 0.1) is 0 Å². The van der Waals surface area contributed by atoms with E-state index in [2.05, 4.69) is 89.5 Å². The Hall–Kier alpha value is -6.96. The molecule has 0 N–H and O–H groups in total. The van der Waals surface area contributed by atoms with Gasteiger partial charge in [-0.3, -0.25) is 0 Å². The van der Waals surface area contributed by atoms with Gasteiger partial charge in [-0.2, -0.15) is 0 Å². The lowest BCUT2D eigenvalue weighted by molar-refractivity contribution is 0.620. The Labute approximate surface area is 307 Å². The molecule has 248 valence electrons. The van der Waals surface area contributed by atoms with Crippen LogP contribution in [0.25, 0.3) is 104 Å². The van der Waals surface area contributed by atoms with Gasteiger partial charge in [-0.25, -0.2) is 19.9 Å². The monoisotopic (exact) mass is 697 g/mol. The lowest BCUT2D eigenvalue weighted by Crippen LogP contribution is -2.00. The van der Waals surface area contributed by atoms with Crippen LogP contribution in [0.5, 0.6) is 0 Å².